The molecule has 0 aliphatic carbocycles. The molecule has 2 aromatic heterocycles. The van der Waals surface area contributed by atoms with Crippen molar-refractivity contribution >= 4 is 23.3 Å². The van der Waals surface area contributed by atoms with Gasteiger partial charge in [-0.25, -0.2) is 19.4 Å². The van der Waals surface area contributed by atoms with E-state index in [0.29, 0.717) is 37.4 Å². The maximum Gasteiger partial charge on any atom is 0.321 e. The van der Waals surface area contributed by atoms with Gasteiger partial charge in [-0.3, -0.25) is 4.79 Å². The van der Waals surface area contributed by atoms with Gasteiger partial charge in [-0.05, 0) is 37.1 Å². The number of hydrogen-bond acceptors (Lipinski definition) is 5. The normalized spacial score (nSPS) is 14.4. The zero-order valence-corrected chi connectivity index (χ0v) is 15.7. The minimum absolute atomic E-state index is 0.0524. The molecule has 148 valence electrons. The number of aromatic nitrogens is 4. The van der Waals surface area contributed by atoms with Crippen LogP contribution in [-0.2, 0) is 4.79 Å². The Bertz CT molecular complexity index is 950. The van der Waals surface area contributed by atoms with Gasteiger partial charge in [-0.2, -0.15) is 5.10 Å². The Labute approximate surface area is 167 Å². The monoisotopic (exact) mass is 391 g/mol. The lowest BCUT2D eigenvalue weighted by Crippen LogP contribution is -2.43. The molecule has 0 spiro atoms. The van der Waals surface area contributed by atoms with E-state index < -0.39 is 0 Å². The molecule has 1 aromatic carbocycles. The van der Waals surface area contributed by atoms with Gasteiger partial charge in [-0.15, -0.1) is 0 Å². The third-order valence-corrected chi connectivity index (χ3v) is 4.85. The number of likely N-dealkylation sites (tertiary alicyclic amines) is 1. The van der Waals surface area contributed by atoms with E-state index in [1.807, 2.05) is 30.3 Å². The summed E-state index contributed by atoms with van der Waals surface area (Å²) in [7, 11) is 0. The minimum atomic E-state index is -0.136. The lowest BCUT2D eigenvalue weighted by molar-refractivity contribution is -0.121. The van der Waals surface area contributed by atoms with Crippen LogP contribution >= 0.6 is 0 Å². The first-order chi connectivity index (χ1) is 14.2. The maximum absolute atomic E-state index is 12.6. The lowest BCUT2D eigenvalue weighted by Gasteiger charge is -2.31. The average Bonchev–Trinajstić information content (AvgIpc) is 3.30. The molecular weight excluding hydrogens is 370 g/mol. The molecule has 0 radical (unpaired) electrons. The number of nitrogens with one attached hydrogen (secondary N) is 2. The first-order valence-electron chi connectivity index (χ1n) is 9.42. The van der Waals surface area contributed by atoms with E-state index in [0.717, 1.165) is 5.69 Å². The molecule has 3 heterocycles. The standard InChI is InChI=1S/C20H21N7O2/c28-19(24-17-6-7-18(22-12-17)27-14-21-13-23-27)15-8-10-26(11-9-15)20(29)25-16-4-2-1-3-5-16/h1-7,12-15H,8-11H2,(H,24,28)(H,25,29). The third kappa shape index (κ3) is 4.57. The van der Waals surface area contributed by atoms with Gasteiger partial charge in [0.05, 0.1) is 11.9 Å². The van der Waals surface area contributed by atoms with Gasteiger partial charge >= 0.3 is 6.03 Å². The van der Waals surface area contributed by atoms with E-state index in [1.54, 1.807) is 34.2 Å². The van der Waals surface area contributed by atoms with Crippen LogP contribution in [0.5, 0.6) is 0 Å². The molecule has 0 bridgehead atoms. The molecule has 4 rings (SSSR count). The second-order valence-corrected chi connectivity index (χ2v) is 6.79. The zero-order valence-electron chi connectivity index (χ0n) is 15.7. The minimum Gasteiger partial charge on any atom is -0.324 e. The Morgan fingerprint density at radius 2 is 1.76 bits per heavy atom. The molecular formula is C20H21N7O2. The van der Waals surface area contributed by atoms with E-state index in [1.165, 1.54) is 6.33 Å². The van der Waals surface area contributed by atoms with Crippen molar-refractivity contribution in [3.63, 3.8) is 0 Å². The number of benzene rings is 1. The summed E-state index contributed by atoms with van der Waals surface area (Å²) in [4.78, 5) is 34.8. The van der Waals surface area contributed by atoms with Crippen LogP contribution in [0.4, 0.5) is 16.2 Å². The number of rotatable bonds is 4. The van der Waals surface area contributed by atoms with Crippen LogP contribution in [0.3, 0.4) is 0 Å². The van der Waals surface area contributed by atoms with Crippen molar-refractivity contribution in [3.05, 3.63) is 61.3 Å². The first-order valence-corrected chi connectivity index (χ1v) is 9.42. The summed E-state index contributed by atoms with van der Waals surface area (Å²) < 4.78 is 1.54. The van der Waals surface area contributed by atoms with Crippen molar-refractivity contribution < 1.29 is 9.59 Å². The van der Waals surface area contributed by atoms with Crippen molar-refractivity contribution in [1.82, 2.24) is 24.6 Å². The highest BCUT2D eigenvalue weighted by Gasteiger charge is 2.27. The quantitative estimate of drug-likeness (QED) is 0.711. The predicted octanol–water partition coefficient (Wildman–Crippen LogP) is 2.54. The second-order valence-electron chi connectivity index (χ2n) is 6.79. The largest absolute Gasteiger partial charge is 0.324 e. The Hall–Kier alpha value is -3.75. The van der Waals surface area contributed by atoms with E-state index in [-0.39, 0.29) is 17.9 Å². The van der Waals surface area contributed by atoms with Gasteiger partial charge in [0.1, 0.15) is 12.7 Å². The van der Waals surface area contributed by atoms with E-state index in [2.05, 4.69) is 25.7 Å². The molecule has 0 atom stereocenters. The Kier molecular flexibility index (Phi) is 5.46. The number of anilines is 2. The Morgan fingerprint density at radius 3 is 2.41 bits per heavy atom. The molecule has 9 nitrogen and oxygen atoms in total. The molecule has 3 aromatic rings. The van der Waals surface area contributed by atoms with Crippen molar-refractivity contribution in [1.29, 1.82) is 0 Å². The van der Waals surface area contributed by atoms with Gasteiger partial charge < -0.3 is 15.5 Å². The number of para-hydroxylation sites is 1. The number of piperidine rings is 1. The zero-order chi connectivity index (χ0) is 20.1. The van der Waals surface area contributed by atoms with Crippen LogP contribution in [-0.4, -0.2) is 49.7 Å². The molecule has 2 N–H and O–H groups in total. The highest BCUT2D eigenvalue weighted by Crippen LogP contribution is 2.20. The smallest absolute Gasteiger partial charge is 0.321 e. The summed E-state index contributed by atoms with van der Waals surface area (Å²) in [5, 5.41) is 9.80. The van der Waals surface area contributed by atoms with Crippen LogP contribution in [0, 0.1) is 5.92 Å². The number of urea groups is 1. The summed E-state index contributed by atoms with van der Waals surface area (Å²) in [5.74, 6) is 0.437. The first kappa shape index (κ1) is 18.6. The molecule has 0 unspecified atom stereocenters. The summed E-state index contributed by atoms with van der Waals surface area (Å²) in [5.41, 5.74) is 1.39. The van der Waals surface area contributed by atoms with Crippen molar-refractivity contribution in [2.45, 2.75) is 12.8 Å². The summed E-state index contributed by atoms with van der Waals surface area (Å²) in [6.45, 7) is 1.08. The lowest BCUT2D eigenvalue weighted by atomic mass is 9.96. The fourth-order valence-corrected chi connectivity index (χ4v) is 3.24. The van der Waals surface area contributed by atoms with Crippen molar-refractivity contribution in [2.24, 2.45) is 5.92 Å². The molecule has 3 amide bonds. The Balaban J connectivity index is 1.27. The van der Waals surface area contributed by atoms with Gasteiger partial charge in [0.25, 0.3) is 0 Å². The van der Waals surface area contributed by atoms with Crippen LogP contribution in [0.25, 0.3) is 5.82 Å². The van der Waals surface area contributed by atoms with Gasteiger partial charge in [0, 0.05) is 24.7 Å². The number of pyridine rings is 1. The SMILES string of the molecule is O=C(Nc1ccc(-n2cncn2)nc1)C1CCN(C(=O)Nc2ccccc2)CC1. The fourth-order valence-electron chi connectivity index (χ4n) is 3.24. The van der Waals surface area contributed by atoms with E-state index >= 15 is 0 Å². The molecule has 0 saturated carbocycles. The predicted molar refractivity (Wildman–Crippen MR) is 108 cm³/mol. The van der Waals surface area contributed by atoms with Crippen LogP contribution in [0.2, 0.25) is 0 Å². The molecule has 9 heteroatoms. The van der Waals surface area contributed by atoms with Crippen LogP contribution in [0.1, 0.15) is 12.8 Å². The maximum atomic E-state index is 12.6. The fraction of sp³-hybridized carbons (Fsp3) is 0.250. The van der Waals surface area contributed by atoms with Gasteiger partial charge in [0.15, 0.2) is 5.82 Å². The molecule has 1 saturated heterocycles. The molecule has 1 aliphatic rings. The topological polar surface area (TPSA) is 105 Å². The second kappa shape index (κ2) is 8.51. The summed E-state index contributed by atoms with van der Waals surface area (Å²) in [6, 6.07) is 12.8. The molecule has 1 fully saturated rings. The highest BCUT2D eigenvalue weighted by atomic mass is 16.2. The number of hydrogen-bond donors (Lipinski definition) is 2. The van der Waals surface area contributed by atoms with Crippen LogP contribution in [0.15, 0.2) is 61.3 Å². The number of amides is 3. The number of carbonyl (C=O) groups is 2. The van der Waals surface area contributed by atoms with Gasteiger partial charge in [0.2, 0.25) is 5.91 Å². The van der Waals surface area contributed by atoms with Crippen molar-refractivity contribution in [3.8, 4) is 5.82 Å². The summed E-state index contributed by atoms with van der Waals surface area (Å²) in [6.07, 6.45) is 5.83. The van der Waals surface area contributed by atoms with Crippen LogP contribution < -0.4 is 10.6 Å². The average molecular weight is 391 g/mol. The third-order valence-electron chi connectivity index (χ3n) is 4.85. The number of nitrogens with zero attached hydrogens (tertiary/aromatic N) is 5. The number of carbonyl (C=O) groups excluding carboxylic acids is 2. The van der Waals surface area contributed by atoms with Crippen molar-refractivity contribution in [2.75, 3.05) is 23.7 Å². The summed E-state index contributed by atoms with van der Waals surface area (Å²) >= 11 is 0. The highest BCUT2D eigenvalue weighted by molar-refractivity contribution is 5.93. The molecule has 29 heavy (non-hydrogen) atoms. The molecule has 1 aliphatic heterocycles. The van der Waals surface area contributed by atoms with Gasteiger partial charge in [-0.1, -0.05) is 18.2 Å². The van der Waals surface area contributed by atoms with E-state index in [4.69, 9.17) is 0 Å². The Morgan fingerprint density at radius 1 is 0.966 bits per heavy atom. The van der Waals surface area contributed by atoms with E-state index in [9.17, 15) is 9.59 Å².